The summed E-state index contributed by atoms with van der Waals surface area (Å²) in [6, 6.07) is 15.2. The zero-order valence-electron chi connectivity index (χ0n) is 11.6. The summed E-state index contributed by atoms with van der Waals surface area (Å²) in [4.78, 5) is 4.03. The SMILES string of the molecule is NCN=C(Nc1ccc(S(N)(=O)=O)cc1)Oc1ccccc1. The maximum Gasteiger partial charge on any atom is 0.296 e. The van der Waals surface area contributed by atoms with E-state index in [9.17, 15) is 8.42 Å². The molecule has 0 spiro atoms. The van der Waals surface area contributed by atoms with Crippen molar-refractivity contribution in [2.45, 2.75) is 4.90 Å². The molecule has 0 aliphatic heterocycles. The lowest BCUT2D eigenvalue weighted by Crippen LogP contribution is -2.21. The van der Waals surface area contributed by atoms with Crippen LogP contribution in [0.15, 0.2) is 64.5 Å². The number of hydrogen-bond donors (Lipinski definition) is 3. The van der Waals surface area contributed by atoms with E-state index in [0.29, 0.717) is 11.4 Å². The van der Waals surface area contributed by atoms with Crippen LogP contribution in [0.1, 0.15) is 0 Å². The summed E-state index contributed by atoms with van der Waals surface area (Å²) in [5.41, 5.74) is 6.01. The lowest BCUT2D eigenvalue weighted by atomic mass is 10.3. The molecule has 7 nitrogen and oxygen atoms in total. The molecule has 0 saturated carbocycles. The number of anilines is 1. The topological polar surface area (TPSA) is 120 Å². The first-order valence-electron chi connectivity index (χ1n) is 6.36. The van der Waals surface area contributed by atoms with Crippen molar-refractivity contribution in [1.82, 2.24) is 0 Å². The maximum atomic E-state index is 11.2. The van der Waals surface area contributed by atoms with E-state index in [2.05, 4.69) is 10.3 Å². The Balaban J connectivity index is 2.13. The van der Waals surface area contributed by atoms with Gasteiger partial charge in [0.15, 0.2) is 0 Å². The molecule has 2 aromatic rings. The number of nitrogens with one attached hydrogen (secondary N) is 1. The fraction of sp³-hybridized carbons (Fsp3) is 0.0714. The minimum atomic E-state index is -3.72. The number of ether oxygens (including phenoxy) is 1. The number of para-hydroxylation sites is 1. The maximum absolute atomic E-state index is 11.2. The Labute approximate surface area is 128 Å². The van der Waals surface area contributed by atoms with Crippen LogP contribution >= 0.6 is 0 Å². The lowest BCUT2D eigenvalue weighted by Gasteiger charge is -2.11. The van der Waals surface area contributed by atoms with Gasteiger partial charge in [-0.15, -0.1) is 0 Å². The number of amidine groups is 1. The molecule has 0 heterocycles. The Bertz CT molecular complexity index is 743. The molecule has 2 rings (SSSR count). The van der Waals surface area contributed by atoms with Gasteiger partial charge >= 0.3 is 0 Å². The molecule has 116 valence electrons. The van der Waals surface area contributed by atoms with Gasteiger partial charge in [0.05, 0.1) is 11.6 Å². The normalized spacial score (nSPS) is 12.0. The predicted octanol–water partition coefficient (Wildman–Crippen LogP) is 1.10. The van der Waals surface area contributed by atoms with Crippen LogP contribution in [-0.4, -0.2) is 21.1 Å². The van der Waals surface area contributed by atoms with E-state index in [1.807, 2.05) is 18.2 Å². The molecule has 2 aromatic carbocycles. The van der Waals surface area contributed by atoms with Crippen molar-refractivity contribution in [3.63, 3.8) is 0 Å². The van der Waals surface area contributed by atoms with E-state index in [4.69, 9.17) is 15.6 Å². The molecule has 0 radical (unpaired) electrons. The molecule has 0 atom stereocenters. The van der Waals surface area contributed by atoms with E-state index in [-0.39, 0.29) is 17.6 Å². The zero-order valence-corrected chi connectivity index (χ0v) is 12.5. The van der Waals surface area contributed by atoms with Gasteiger partial charge in [-0.05, 0) is 36.4 Å². The van der Waals surface area contributed by atoms with Crippen molar-refractivity contribution < 1.29 is 13.2 Å². The van der Waals surface area contributed by atoms with Crippen molar-refractivity contribution in [1.29, 1.82) is 0 Å². The van der Waals surface area contributed by atoms with Gasteiger partial charge in [0.25, 0.3) is 6.02 Å². The van der Waals surface area contributed by atoms with Crippen molar-refractivity contribution >= 4 is 21.7 Å². The third kappa shape index (κ3) is 4.55. The molecule has 5 N–H and O–H groups in total. The van der Waals surface area contributed by atoms with Crippen LogP contribution in [0.3, 0.4) is 0 Å². The van der Waals surface area contributed by atoms with Gasteiger partial charge in [0.1, 0.15) is 5.75 Å². The summed E-state index contributed by atoms with van der Waals surface area (Å²) in [6.45, 7) is 0.0461. The van der Waals surface area contributed by atoms with Crippen molar-refractivity contribution in [3.05, 3.63) is 54.6 Å². The molecule has 0 aliphatic rings. The number of benzene rings is 2. The zero-order chi connectivity index (χ0) is 16.0. The molecule has 0 bridgehead atoms. The second-order valence-electron chi connectivity index (χ2n) is 4.26. The smallest absolute Gasteiger partial charge is 0.296 e. The standard InChI is InChI=1S/C14H16N4O3S/c15-10-17-14(21-12-4-2-1-3-5-12)18-11-6-8-13(9-7-11)22(16,19)20/h1-9H,10,15H2,(H,17,18)(H2,16,19,20). The van der Waals surface area contributed by atoms with Crippen molar-refractivity contribution in [3.8, 4) is 5.75 Å². The minimum Gasteiger partial charge on any atom is -0.426 e. The molecular weight excluding hydrogens is 304 g/mol. The number of nitrogens with two attached hydrogens (primary N) is 2. The van der Waals surface area contributed by atoms with Gasteiger partial charge in [0.2, 0.25) is 10.0 Å². The van der Waals surface area contributed by atoms with Crippen LogP contribution in [0.25, 0.3) is 0 Å². The molecule has 0 saturated heterocycles. The first kappa shape index (κ1) is 16.0. The fourth-order valence-corrected chi connectivity index (χ4v) is 2.15. The Hall–Kier alpha value is -2.42. The van der Waals surface area contributed by atoms with Crippen LogP contribution in [0, 0.1) is 0 Å². The molecule has 0 amide bonds. The minimum absolute atomic E-state index is 0.0272. The summed E-state index contributed by atoms with van der Waals surface area (Å²) in [6.07, 6.45) is 0. The van der Waals surface area contributed by atoms with Crippen molar-refractivity contribution in [2.24, 2.45) is 15.9 Å². The number of hydrogen-bond acceptors (Lipinski definition) is 5. The van der Waals surface area contributed by atoms with E-state index in [1.165, 1.54) is 12.1 Å². The van der Waals surface area contributed by atoms with E-state index in [1.54, 1.807) is 24.3 Å². The molecule has 0 fully saturated rings. The number of rotatable bonds is 4. The average molecular weight is 320 g/mol. The molecule has 0 aromatic heterocycles. The van der Waals surface area contributed by atoms with Crippen LogP contribution in [0.5, 0.6) is 5.75 Å². The van der Waals surface area contributed by atoms with Crippen LogP contribution in [0.4, 0.5) is 5.69 Å². The highest BCUT2D eigenvalue weighted by atomic mass is 32.2. The molecule has 22 heavy (non-hydrogen) atoms. The lowest BCUT2D eigenvalue weighted by molar-refractivity contribution is 0.545. The summed E-state index contributed by atoms with van der Waals surface area (Å²) in [5, 5.41) is 7.96. The second kappa shape index (κ2) is 7.03. The Morgan fingerprint density at radius 1 is 1.09 bits per heavy atom. The Morgan fingerprint density at radius 3 is 2.27 bits per heavy atom. The van der Waals surface area contributed by atoms with Crippen LogP contribution in [-0.2, 0) is 10.0 Å². The van der Waals surface area contributed by atoms with E-state index < -0.39 is 10.0 Å². The van der Waals surface area contributed by atoms with Crippen molar-refractivity contribution in [2.75, 3.05) is 12.0 Å². The quantitative estimate of drug-likeness (QED) is 0.575. The van der Waals surface area contributed by atoms with Gasteiger partial charge in [-0.2, -0.15) is 0 Å². The third-order valence-electron chi connectivity index (χ3n) is 2.63. The number of nitrogens with zero attached hydrogens (tertiary/aromatic N) is 1. The Morgan fingerprint density at radius 2 is 1.73 bits per heavy atom. The van der Waals surface area contributed by atoms with Gasteiger partial charge in [-0.1, -0.05) is 18.2 Å². The first-order chi connectivity index (χ1) is 10.5. The number of primary sulfonamides is 1. The number of aliphatic imine (C=N–C) groups is 1. The van der Waals surface area contributed by atoms with E-state index in [0.717, 1.165) is 0 Å². The summed E-state index contributed by atoms with van der Waals surface area (Å²) < 4.78 is 28.0. The highest BCUT2D eigenvalue weighted by molar-refractivity contribution is 7.89. The van der Waals surface area contributed by atoms with Crippen LogP contribution < -0.4 is 20.9 Å². The van der Waals surface area contributed by atoms with Gasteiger partial charge < -0.3 is 15.8 Å². The summed E-state index contributed by atoms with van der Waals surface area (Å²) in [7, 11) is -3.72. The first-order valence-corrected chi connectivity index (χ1v) is 7.91. The summed E-state index contributed by atoms with van der Waals surface area (Å²) in [5.74, 6) is 0.600. The summed E-state index contributed by atoms with van der Waals surface area (Å²) >= 11 is 0. The second-order valence-corrected chi connectivity index (χ2v) is 5.82. The largest absolute Gasteiger partial charge is 0.426 e. The highest BCUT2D eigenvalue weighted by Crippen LogP contribution is 2.14. The fourth-order valence-electron chi connectivity index (χ4n) is 1.63. The van der Waals surface area contributed by atoms with Crippen LogP contribution in [0.2, 0.25) is 0 Å². The molecule has 8 heteroatoms. The highest BCUT2D eigenvalue weighted by Gasteiger charge is 2.08. The average Bonchev–Trinajstić information content (AvgIpc) is 2.48. The molecular formula is C14H16N4O3S. The molecule has 0 unspecified atom stereocenters. The third-order valence-corrected chi connectivity index (χ3v) is 3.56. The van der Waals surface area contributed by atoms with Gasteiger partial charge in [-0.25, -0.2) is 18.5 Å². The predicted molar refractivity (Wildman–Crippen MR) is 85.0 cm³/mol. The van der Waals surface area contributed by atoms with Gasteiger partial charge in [-0.3, -0.25) is 0 Å². The monoisotopic (exact) mass is 320 g/mol. The Kier molecular flexibility index (Phi) is 5.10. The number of sulfonamides is 1. The van der Waals surface area contributed by atoms with Gasteiger partial charge in [0, 0.05) is 5.69 Å². The molecule has 0 aliphatic carbocycles. The van der Waals surface area contributed by atoms with E-state index >= 15 is 0 Å².